The molecule has 3 aromatic rings. The van der Waals surface area contributed by atoms with Crippen LogP contribution in [0, 0.1) is 13.8 Å². The highest BCUT2D eigenvalue weighted by atomic mass is 16.3. The van der Waals surface area contributed by atoms with Crippen molar-refractivity contribution in [2.45, 2.75) is 46.8 Å². The van der Waals surface area contributed by atoms with Crippen molar-refractivity contribution in [2.24, 2.45) is 0 Å². The SMILES string of the molecule is Cc1c(C(=O)NCc2ccccc2CN(C)C(C)C)oc2c(C)cccc12. The Labute approximate surface area is 161 Å². The molecule has 0 aliphatic carbocycles. The minimum absolute atomic E-state index is 0.171. The predicted molar refractivity (Wildman–Crippen MR) is 110 cm³/mol. The van der Waals surface area contributed by atoms with Crippen LogP contribution in [0.3, 0.4) is 0 Å². The van der Waals surface area contributed by atoms with Gasteiger partial charge < -0.3 is 9.73 Å². The van der Waals surface area contributed by atoms with Crippen molar-refractivity contribution in [1.82, 2.24) is 10.2 Å². The summed E-state index contributed by atoms with van der Waals surface area (Å²) in [5.74, 6) is 0.228. The standard InChI is InChI=1S/C23H28N2O2/c1-15(2)25(5)14-19-11-7-6-10-18(19)13-24-23(26)22-17(4)20-12-8-9-16(3)21(20)27-22/h6-12,15H,13-14H2,1-5H3,(H,24,26). The molecule has 0 saturated carbocycles. The summed E-state index contributed by atoms with van der Waals surface area (Å²) in [4.78, 5) is 15.0. The maximum atomic E-state index is 12.7. The zero-order chi connectivity index (χ0) is 19.6. The lowest BCUT2D eigenvalue weighted by Gasteiger charge is -2.22. The number of aryl methyl sites for hydroxylation is 2. The zero-order valence-electron chi connectivity index (χ0n) is 16.8. The van der Waals surface area contributed by atoms with Crippen molar-refractivity contribution in [3.8, 4) is 0 Å². The number of amides is 1. The minimum atomic E-state index is -0.171. The third-order valence-electron chi connectivity index (χ3n) is 5.23. The molecule has 0 aliphatic heterocycles. The average Bonchev–Trinajstić information content (AvgIpc) is 2.99. The van der Waals surface area contributed by atoms with E-state index in [0.717, 1.165) is 34.2 Å². The molecule has 1 amide bonds. The number of nitrogens with zero attached hydrogens (tertiary/aromatic N) is 1. The largest absolute Gasteiger partial charge is 0.450 e. The lowest BCUT2D eigenvalue weighted by molar-refractivity contribution is 0.0924. The molecule has 0 fully saturated rings. The molecule has 0 spiro atoms. The van der Waals surface area contributed by atoms with Gasteiger partial charge >= 0.3 is 0 Å². The number of fused-ring (bicyclic) bond motifs is 1. The van der Waals surface area contributed by atoms with Crippen LogP contribution in [0.25, 0.3) is 11.0 Å². The molecule has 0 atom stereocenters. The second-order valence-electron chi connectivity index (χ2n) is 7.47. The number of hydrogen-bond acceptors (Lipinski definition) is 3. The number of carbonyl (C=O) groups is 1. The van der Waals surface area contributed by atoms with E-state index in [2.05, 4.69) is 43.2 Å². The van der Waals surface area contributed by atoms with E-state index in [1.165, 1.54) is 5.56 Å². The first-order valence-corrected chi connectivity index (χ1v) is 9.42. The molecule has 0 radical (unpaired) electrons. The van der Waals surface area contributed by atoms with Gasteiger partial charge in [-0.25, -0.2) is 0 Å². The first kappa shape index (κ1) is 19.2. The van der Waals surface area contributed by atoms with Crippen LogP contribution in [0.1, 0.15) is 46.7 Å². The van der Waals surface area contributed by atoms with Gasteiger partial charge in [0.15, 0.2) is 5.76 Å². The Morgan fingerprint density at radius 1 is 1.07 bits per heavy atom. The number of nitrogens with one attached hydrogen (secondary N) is 1. The summed E-state index contributed by atoms with van der Waals surface area (Å²) in [5.41, 5.74) is 5.07. The lowest BCUT2D eigenvalue weighted by atomic mass is 10.1. The van der Waals surface area contributed by atoms with E-state index in [4.69, 9.17) is 4.42 Å². The summed E-state index contributed by atoms with van der Waals surface area (Å²) in [6.45, 7) is 9.62. The number of furan rings is 1. The van der Waals surface area contributed by atoms with Gasteiger partial charge in [-0.15, -0.1) is 0 Å². The summed E-state index contributed by atoms with van der Waals surface area (Å²) >= 11 is 0. The van der Waals surface area contributed by atoms with Crippen LogP contribution in [-0.2, 0) is 13.1 Å². The molecule has 142 valence electrons. The van der Waals surface area contributed by atoms with Gasteiger partial charge in [0, 0.05) is 30.1 Å². The van der Waals surface area contributed by atoms with Crippen molar-refractivity contribution in [1.29, 1.82) is 0 Å². The first-order chi connectivity index (χ1) is 12.9. The van der Waals surface area contributed by atoms with E-state index in [1.54, 1.807) is 0 Å². The molecule has 1 heterocycles. The van der Waals surface area contributed by atoms with Gasteiger partial charge in [-0.2, -0.15) is 0 Å². The smallest absolute Gasteiger partial charge is 0.287 e. The average molecular weight is 364 g/mol. The second kappa shape index (κ2) is 7.97. The molecule has 3 rings (SSSR count). The molecule has 0 saturated heterocycles. The molecule has 0 aliphatic rings. The molecular formula is C23H28N2O2. The van der Waals surface area contributed by atoms with Gasteiger partial charge in [0.1, 0.15) is 5.58 Å². The van der Waals surface area contributed by atoms with Crippen LogP contribution < -0.4 is 5.32 Å². The van der Waals surface area contributed by atoms with Crippen molar-refractivity contribution in [2.75, 3.05) is 7.05 Å². The Morgan fingerprint density at radius 2 is 1.78 bits per heavy atom. The van der Waals surface area contributed by atoms with Crippen molar-refractivity contribution >= 4 is 16.9 Å². The number of benzene rings is 2. The predicted octanol–water partition coefficient (Wildman–Crippen LogP) is 4.82. The third-order valence-corrected chi connectivity index (χ3v) is 5.23. The fraction of sp³-hybridized carbons (Fsp3) is 0.348. The van der Waals surface area contributed by atoms with Gasteiger partial charge in [-0.05, 0) is 51.4 Å². The van der Waals surface area contributed by atoms with Gasteiger partial charge in [-0.1, -0.05) is 42.5 Å². The fourth-order valence-electron chi connectivity index (χ4n) is 3.19. The monoisotopic (exact) mass is 364 g/mol. The van der Waals surface area contributed by atoms with E-state index in [9.17, 15) is 4.79 Å². The Hall–Kier alpha value is -2.59. The molecule has 4 nitrogen and oxygen atoms in total. The molecule has 1 aromatic heterocycles. The van der Waals surface area contributed by atoms with Crippen molar-refractivity contribution in [3.05, 3.63) is 70.5 Å². The fourth-order valence-corrected chi connectivity index (χ4v) is 3.19. The number of para-hydroxylation sites is 1. The Balaban J connectivity index is 1.77. The summed E-state index contributed by atoms with van der Waals surface area (Å²) < 4.78 is 5.89. The van der Waals surface area contributed by atoms with Gasteiger partial charge in [0.05, 0.1) is 0 Å². The zero-order valence-corrected chi connectivity index (χ0v) is 16.8. The number of carbonyl (C=O) groups excluding carboxylic acids is 1. The Kier molecular flexibility index (Phi) is 5.66. The highest BCUT2D eigenvalue weighted by Crippen LogP contribution is 2.27. The van der Waals surface area contributed by atoms with Crippen LogP contribution in [0.2, 0.25) is 0 Å². The van der Waals surface area contributed by atoms with Crippen LogP contribution in [0.5, 0.6) is 0 Å². The highest BCUT2D eigenvalue weighted by Gasteiger charge is 2.18. The molecule has 4 heteroatoms. The van der Waals surface area contributed by atoms with E-state index in [0.29, 0.717) is 18.3 Å². The van der Waals surface area contributed by atoms with Gasteiger partial charge in [-0.3, -0.25) is 9.69 Å². The number of hydrogen-bond donors (Lipinski definition) is 1. The highest BCUT2D eigenvalue weighted by molar-refractivity contribution is 5.99. The summed E-state index contributed by atoms with van der Waals surface area (Å²) in [5, 5.41) is 4.03. The van der Waals surface area contributed by atoms with Crippen LogP contribution in [0.4, 0.5) is 0 Å². The number of rotatable bonds is 6. The lowest BCUT2D eigenvalue weighted by Crippen LogP contribution is -2.27. The van der Waals surface area contributed by atoms with E-state index < -0.39 is 0 Å². The Morgan fingerprint density at radius 3 is 2.44 bits per heavy atom. The van der Waals surface area contributed by atoms with Crippen LogP contribution in [0.15, 0.2) is 46.9 Å². The molecular weight excluding hydrogens is 336 g/mol. The van der Waals surface area contributed by atoms with Crippen LogP contribution in [-0.4, -0.2) is 23.9 Å². The van der Waals surface area contributed by atoms with Crippen LogP contribution >= 0.6 is 0 Å². The molecule has 2 aromatic carbocycles. The molecule has 0 bridgehead atoms. The maximum Gasteiger partial charge on any atom is 0.287 e. The summed E-state index contributed by atoms with van der Waals surface area (Å²) in [6.07, 6.45) is 0. The quantitative estimate of drug-likeness (QED) is 0.682. The van der Waals surface area contributed by atoms with E-state index in [-0.39, 0.29) is 5.91 Å². The molecule has 27 heavy (non-hydrogen) atoms. The minimum Gasteiger partial charge on any atom is -0.450 e. The molecule has 1 N–H and O–H groups in total. The summed E-state index contributed by atoms with van der Waals surface area (Å²) in [7, 11) is 2.11. The van der Waals surface area contributed by atoms with E-state index in [1.807, 2.05) is 44.2 Å². The van der Waals surface area contributed by atoms with Gasteiger partial charge in [0.25, 0.3) is 5.91 Å². The maximum absolute atomic E-state index is 12.7. The first-order valence-electron chi connectivity index (χ1n) is 9.42. The van der Waals surface area contributed by atoms with Crippen molar-refractivity contribution < 1.29 is 9.21 Å². The van der Waals surface area contributed by atoms with Gasteiger partial charge in [0.2, 0.25) is 0 Å². The third kappa shape index (κ3) is 4.06. The summed E-state index contributed by atoms with van der Waals surface area (Å²) in [6, 6.07) is 14.7. The topological polar surface area (TPSA) is 45.5 Å². The molecule has 0 unspecified atom stereocenters. The van der Waals surface area contributed by atoms with Crippen molar-refractivity contribution in [3.63, 3.8) is 0 Å². The van der Waals surface area contributed by atoms with E-state index >= 15 is 0 Å². The normalized spacial score (nSPS) is 11.5. The Bertz CT molecular complexity index is 956. The second-order valence-corrected chi connectivity index (χ2v) is 7.47.